The molecule has 6 nitrogen and oxygen atoms in total. The number of aliphatic hydroxyl groups is 1. The summed E-state index contributed by atoms with van der Waals surface area (Å²) >= 11 is 0. The first kappa shape index (κ1) is 18.7. The van der Waals surface area contributed by atoms with E-state index in [4.69, 9.17) is 0 Å². The molecule has 1 saturated heterocycles. The number of likely N-dealkylation sites (tertiary alicyclic amines) is 1. The Morgan fingerprint density at radius 3 is 2.30 bits per heavy atom. The summed E-state index contributed by atoms with van der Waals surface area (Å²) < 4.78 is 0. The van der Waals surface area contributed by atoms with E-state index in [2.05, 4.69) is 0 Å². The fourth-order valence-corrected chi connectivity index (χ4v) is 3.22. The predicted molar refractivity (Wildman–Crippen MR) is 102 cm³/mol. The highest BCUT2D eigenvalue weighted by Crippen LogP contribution is 2.40. The summed E-state index contributed by atoms with van der Waals surface area (Å²) in [6.45, 7) is 0.918. The summed E-state index contributed by atoms with van der Waals surface area (Å²) in [5, 5.41) is 20.9. The maximum atomic E-state index is 12.8. The van der Waals surface area contributed by atoms with Gasteiger partial charge >= 0.3 is 0 Å². The van der Waals surface area contributed by atoms with Gasteiger partial charge in [0.25, 0.3) is 11.7 Å². The smallest absolute Gasteiger partial charge is 0.295 e. The van der Waals surface area contributed by atoms with Gasteiger partial charge in [-0.1, -0.05) is 42.5 Å². The van der Waals surface area contributed by atoms with Gasteiger partial charge in [0.15, 0.2) is 0 Å². The monoisotopic (exact) mass is 366 g/mol. The van der Waals surface area contributed by atoms with Gasteiger partial charge in [0.05, 0.1) is 17.2 Å². The molecule has 0 radical (unpaired) electrons. The van der Waals surface area contributed by atoms with E-state index in [1.807, 2.05) is 49.3 Å². The van der Waals surface area contributed by atoms with Crippen molar-refractivity contribution in [3.8, 4) is 5.75 Å². The van der Waals surface area contributed by atoms with E-state index >= 15 is 0 Å². The highest BCUT2D eigenvalue weighted by atomic mass is 16.3. The number of nitrogens with zero attached hydrogens (tertiary/aromatic N) is 2. The number of benzene rings is 2. The molecule has 2 aromatic rings. The molecule has 0 unspecified atom stereocenters. The molecular formula is C21H22N2O4. The maximum absolute atomic E-state index is 12.8. The first-order valence-corrected chi connectivity index (χ1v) is 8.68. The van der Waals surface area contributed by atoms with E-state index in [0.29, 0.717) is 13.1 Å². The molecule has 3 rings (SSSR count). The van der Waals surface area contributed by atoms with Crippen molar-refractivity contribution in [3.05, 3.63) is 71.3 Å². The third-order valence-corrected chi connectivity index (χ3v) is 4.60. The molecule has 0 bridgehead atoms. The lowest BCUT2D eigenvalue weighted by Crippen LogP contribution is -2.35. The van der Waals surface area contributed by atoms with Crippen LogP contribution in [-0.4, -0.2) is 58.9 Å². The number of ketones is 1. The number of rotatable bonds is 5. The molecule has 0 aliphatic carbocycles. The number of aromatic hydroxyl groups is 1. The Hall–Kier alpha value is -3.12. The fraction of sp³-hybridized carbons (Fsp3) is 0.238. The van der Waals surface area contributed by atoms with Crippen LogP contribution in [0.2, 0.25) is 0 Å². The van der Waals surface area contributed by atoms with E-state index < -0.39 is 17.7 Å². The van der Waals surface area contributed by atoms with Gasteiger partial charge in [0, 0.05) is 13.1 Å². The van der Waals surface area contributed by atoms with Gasteiger partial charge < -0.3 is 20.0 Å². The standard InChI is InChI=1S/C21H22N2O4/c1-22(2)12-13-23-18(14-8-4-3-5-9-14)17(20(26)21(23)27)19(25)15-10-6-7-11-16(15)24/h3-11,18,24-25H,12-13H2,1-2H3/t18-/m1/s1. The van der Waals surface area contributed by atoms with Crippen molar-refractivity contribution >= 4 is 17.4 Å². The van der Waals surface area contributed by atoms with Gasteiger partial charge in [-0.2, -0.15) is 0 Å². The fourth-order valence-electron chi connectivity index (χ4n) is 3.22. The minimum Gasteiger partial charge on any atom is -0.507 e. The number of phenolic OH excluding ortho intramolecular Hbond substituents is 1. The Morgan fingerprint density at radius 2 is 1.67 bits per heavy atom. The van der Waals surface area contributed by atoms with Crippen LogP contribution in [0.15, 0.2) is 60.2 Å². The van der Waals surface area contributed by atoms with Crippen molar-refractivity contribution in [2.24, 2.45) is 0 Å². The molecule has 1 heterocycles. The first-order chi connectivity index (χ1) is 12.9. The zero-order valence-electron chi connectivity index (χ0n) is 15.3. The molecule has 1 aliphatic heterocycles. The Bertz CT molecular complexity index is 890. The van der Waals surface area contributed by atoms with E-state index in [1.54, 1.807) is 12.1 Å². The Labute approximate surface area is 158 Å². The van der Waals surface area contributed by atoms with E-state index in [-0.39, 0.29) is 22.6 Å². The third kappa shape index (κ3) is 3.57. The summed E-state index contributed by atoms with van der Waals surface area (Å²) in [5.41, 5.74) is 0.850. The number of likely N-dealkylation sites (N-methyl/N-ethyl adjacent to an activating group) is 1. The molecule has 2 aromatic carbocycles. The summed E-state index contributed by atoms with van der Waals surface area (Å²) in [6, 6.07) is 14.6. The quantitative estimate of drug-likeness (QED) is 0.482. The number of phenols is 1. The Balaban J connectivity index is 2.15. The van der Waals surface area contributed by atoms with Crippen molar-refractivity contribution in [2.75, 3.05) is 27.2 Å². The number of hydrogen-bond acceptors (Lipinski definition) is 5. The van der Waals surface area contributed by atoms with E-state index in [1.165, 1.54) is 17.0 Å². The van der Waals surface area contributed by atoms with Gasteiger partial charge in [-0.15, -0.1) is 0 Å². The molecule has 1 aliphatic rings. The van der Waals surface area contributed by atoms with Crippen LogP contribution in [0.3, 0.4) is 0 Å². The van der Waals surface area contributed by atoms with Crippen LogP contribution in [0.5, 0.6) is 5.75 Å². The Kier molecular flexibility index (Phi) is 5.28. The average Bonchev–Trinajstić information content (AvgIpc) is 2.91. The normalized spacial score (nSPS) is 19.1. The Morgan fingerprint density at radius 1 is 1.04 bits per heavy atom. The second-order valence-corrected chi connectivity index (χ2v) is 6.72. The molecule has 0 spiro atoms. The molecule has 6 heteroatoms. The molecule has 27 heavy (non-hydrogen) atoms. The first-order valence-electron chi connectivity index (χ1n) is 8.68. The lowest BCUT2D eigenvalue weighted by atomic mass is 9.95. The van der Waals surface area contributed by atoms with Crippen LogP contribution < -0.4 is 0 Å². The molecule has 1 atom stereocenters. The summed E-state index contributed by atoms with van der Waals surface area (Å²) in [4.78, 5) is 28.8. The summed E-state index contributed by atoms with van der Waals surface area (Å²) in [7, 11) is 3.77. The van der Waals surface area contributed by atoms with Crippen LogP contribution in [0.1, 0.15) is 17.2 Å². The van der Waals surface area contributed by atoms with Crippen LogP contribution in [0.25, 0.3) is 5.76 Å². The molecule has 0 aromatic heterocycles. The summed E-state index contributed by atoms with van der Waals surface area (Å²) in [5.74, 6) is -1.92. The van der Waals surface area contributed by atoms with Crippen LogP contribution >= 0.6 is 0 Å². The zero-order valence-corrected chi connectivity index (χ0v) is 15.3. The highest BCUT2D eigenvalue weighted by Gasteiger charge is 2.46. The van der Waals surface area contributed by atoms with Crippen LogP contribution in [0.4, 0.5) is 0 Å². The van der Waals surface area contributed by atoms with Gasteiger partial charge in [-0.25, -0.2) is 0 Å². The van der Waals surface area contributed by atoms with E-state index in [9.17, 15) is 19.8 Å². The zero-order chi connectivity index (χ0) is 19.6. The number of para-hydroxylation sites is 1. The van der Waals surface area contributed by atoms with Gasteiger partial charge in [-0.3, -0.25) is 9.59 Å². The third-order valence-electron chi connectivity index (χ3n) is 4.60. The molecule has 2 N–H and O–H groups in total. The van der Waals surface area contributed by atoms with Crippen LogP contribution in [0, 0.1) is 0 Å². The predicted octanol–water partition coefficient (Wildman–Crippen LogP) is 2.38. The number of hydrogen-bond donors (Lipinski definition) is 2. The lowest BCUT2D eigenvalue weighted by molar-refractivity contribution is -0.140. The SMILES string of the molecule is CN(C)CCN1C(=O)C(=O)C(=C(O)c2ccccc2O)[C@H]1c1ccccc1. The van der Waals surface area contributed by atoms with Gasteiger partial charge in [0.1, 0.15) is 11.5 Å². The molecule has 1 fully saturated rings. The number of amides is 1. The molecule has 1 amide bonds. The minimum absolute atomic E-state index is 0.00791. The molecular weight excluding hydrogens is 344 g/mol. The maximum Gasteiger partial charge on any atom is 0.295 e. The largest absolute Gasteiger partial charge is 0.507 e. The number of Topliss-reactive ketones (excluding diaryl/α,β-unsaturated/α-hetero) is 1. The van der Waals surface area contributed by atoms with Crippen molar-refractivity contribution in [2.45, 2.75) is 6.04 Å². The summed E-state index contributed by atoms with van der Waals surface area (Å²) in [6.07, 6.45) is 0. The highest BCUT2D eigenvalue weighted by molar-refractivity contribution is 6.46. The molecule has 0 saturated carbocycles. The lowest BCUT2D eigenvalue weighted by Gasteiger charge is -2.26. The van der Waals surface area contributed by atoms with E-state index in [0.717, 1.165) is 5.56 Å². The number of carbonyl (C=O) groups excluding carboxylic acids is 2. The second-order valence-electron chi connectivity index (χ2n) is 6.72. The molecule has 140 valence electrons. The van der Waals surface area contributed by atoms with Crippen molar-refractivity contribution in [1.82, 2.24) is 9.80 Å². The minimum atomic E-state index is -0.747. The van der Waals surface area contributed by atoms with Crippen molar-refractivity contribution in [1.29, 1.82) is 0 Å². The van der Waals surface area contributed by atoms with Crippen molar-refractivity contribution in [3.63, 3.8) is 0 Å². The number of carbonyl (C=O) groups is 2. The van der Waals surface area contributed by atoms with Crippen LogP contribution in [-0.2, 0) is 9.59 Å². The average molecular weight is 366 g/mol. The topological polar surface area (TPSA) is 81.1 Å². The van der Waals surface area contributed by atoms with Gasteiger partial charge in [0.2, 0.25) is 0 Å². The van der Waals surface area contributed by atoms with Crippen molar-refractivity contribution < 1.29 is 19.8 Å². The second kappa shape index (κ2) is 7.63. The van der Waals surface area contributed by atoms with Gasteiger partial charge in [-0.05, 0) is 31.8 Å². The number of aliphatic hydroxyl groups excluding tert-OH is 1.